The summed E-state index contributed by atoms with van der Waals surface area (Å²) in [5.74, 6) is -0.756. The van der Waals surface area contributed by atoms with Crippen molar-refractivity contribution in [2.45, 2.75) is 12.2 Å². The fraction of sp³-hybridized carbons (Fsp3) is 0.273. The summed E-state index contributed by atoms with van der Waals surface area (Å²) in [4.78, 5) is 23.5. The van der Waals surface area contributed by atoms with Crippen molar-refractivity contribution in [2.24, 2.45) is 0 Å². The van der Waals surface area contributed by atoms with Gasteiger partial charge in [-0.15, -0.1) is 0 Å². The molecule has 0 radical (unpaired) electrons. The van der Waals surface area contributed by atoms with Gasteiger partial charge in [-0.1, -0.05) is 18.2 Å². The van der Waals surface area contributed by atoms with Gasteiger partial charge < -0.3 is 0 Å². The lowest BCUT2D eigenvalue weighted by molar-refractivity contribution is -0.121. The molecule has 0 spiro atoms. The van der Waals surface area contributed by atoms with Crippen LogP contribution in [0, 0.1) is 0 Å². The van der Waals surface area contributed by atoms with E-state index < -0.39 is 21.0 Å². The molecule has 0 saturated carbocycles. The Morgan fingerprint density at radius 2 is 1.82 bits per heavy atom. The molecule has 0 aliphatic carbocycles. The molecule has 0 aromatic heterocycles. The minimum Gasteiger partial charge on any atom is -0.278 e. The largest absolute Gasteiger partial charge is 0.278 e. The number of imide groups is 1. The van der Waals surface area contributed by atoms with Crippen LogP contribution in [0.3, 0.4) is 0 Å². The monoisotopic (exact) mass is 255 g/mol. The minimum atomic E-state index is -3.52. The molecule has 6 heteroatoms. The first-order chi connectivity index (χ1) is 7.88. The number of anilines is 1. The predicted octanol–water partition coefficient (Wildman–Crippen LogP) is 0.609. The molecule has 1 atom stereocenters. The van der Waals surface area contributed by atoms with Gasteiger partial charge in [0.2, 0.25) is 6.41 Å². The number of carbonyl (C=O) groups is 2. The Morgan fingerprint density at radius 3 is 2.24 bits per heavy atom. The van der Waals surface area contributed by atoms with Crippen LogP contribution in [0.1, 0.15) is 6.92 Å². The Bertz CT molecular complexity index is 510. The first kappa shape index (κ1) is 13.4. The summed E-state index contributed by atoms with van der Waals surface area (Å²) in [5, 5.41) is -1.24. The summed E-state index contributed by atoms with van der Waals surface area (Å²) in [6.07, 6.45) is 1.28. The first-order valence-corrected chi connectivity index (χ1v) is 6.85. The maximum absolute atomic E-state index is 11.8. The molecule has 0 fully saturated rings. The van der Waals surface area contributed by atoms with Crippen LogP contribution in [-0.2, 0) is 19.4 Å². The second-order valence-corrected chi connectivity index (χ2v) is 5.99. The van der Waals surface area contributed by atoms with E-state index in [4.69, 9.17) is 0 Å². The van der Waals surface area contributed by atoms with Crippen LogP contribution in [0.5, 0.6) is 0 Å². The number of benzene rings is 1. The summed E-state index contributed by atoms with van der Waals surface area (Å²) in [6.45, 7) is 1.26. The maximum Gasteiger partial charge on any atom is 0.251 e. The third kappa shape index (κ3) is 3.13. The van der Waals surface area contributed by atoms with Crippen LogP contribution in [-0.4, -0.2) is 32.2 Å². The Morgan fingerprint density at radius 1 is 1.29 bits per heavy atom. The summed E-state index contributed by atoms with van der Waals surface area (Å²) in [7, 11) is -3.52. The number of sulfone groups is 1. The van der Waals surface area contributed by atoms with Gasteiger partial charge in [-0.25, -0.2) is 8.42 Å². The molecule has 1 aromatic carbocycles. The Labute approximate surface area is 100.0 Å². The van der Waals surface area contributed by atoms with E-state index in [1.807, 2.05) is 0 Å². The topological polar surface area (TPSA) is 71.5 Å². The van der Waals surface area contributed by atoms with Crippen molar-refractivity contribution in [2.75, 3.05) is 11.2 Å². The van der Waals surface area contributed by atoms with E-state index >= 15 is 0 Å². The molecule has 1 rings (SSSR count). The summed E-state index contributed by atoms with van der Waals surface area (Å²) < 4.78 is 22.5. The molecule has 0 saturated heterocycles. The number of carbonyl (C=O) groups excluding carboxylic acids is 2. The standard InChI is InChI=1S/C11H13NO4S/c1-9(17(2,15)16)11(14)12(8-13)10-6-4-3-5-7-10/h3-9H,1-2H3. The minimum absolute atomic E-state index is 0.319. The van der Waals surface area contributed by atoms with Crippen molar-refractivity contribution in [1.82, 2.24) is 0 Å². The number of hydrogen-bond acceptors (Lipinski definition) is 4. The Hall–Kier alpha value is -1.69. The zero-order valence-electron chi connectivity index (χ0n) is 9.53. The number of hydrogen-bond donors (Lipinski definition) is 0. The molecular formula is C11H13NO4S. The molecule has 92 valence electrons. The summed E-state index contributed by atoms with van der Waals surface area (Å²) in [6, 6.07) is 8.16. The molecular weight excluding hydrogens is 242 g/mol. The highest BCUT2D eigenvalue weighted by molar-refractivity contribution is 7.92. The maximum atomic E-state index is 11.8. The smallest absolute Gasteiger partial charge is 0.251 e. The highest BCUT2D eigenvalue weighted by Crippen LogP contribution is 2.14. The fourth-order valence-electron chi connectivity index (χ4n) is 1.21. The van der Waals surface area contributed by atoms with Crippen LogP contribution in [0.15, 0.2) is 30.3 Å². The highest BCUT2D eigenvalue weighted by Gasteiger charge is 2.28. The van der Waals surface area contributed by atoms with Crippen molar-refractivity contribution in [3.05, 3.63) is 30.3 Å². The van der Waals surface area contributed by atoms with Gasteiger partial charge in [-0.3, -0.25) is 14.5 Å². The number of amides is 2. The van der Waals surface area contributed by atoms with E-state index in [1.165, 1.54) is 6.92 Å². The van der Waals surface area contributed by atoms with Gasteiger partial charge in [-0.05, 0) is 19.1 Å². The number of nitrogens with zero attached hydrogens (tertiary/aromatic N) is 1. The van der Waals surface area contributed by atoms with Crippen molar-refractivity contribution in [3.8, 4) is 0 Å². The lowest BCUT2D eigenvalue weighted by atomic mass is 10.3. The number of rotatable bonds is 4. The van der Waals surface area contributed by atoms with Gasteiger partial charge >= 0.3 is 0 Å². The van der Waals surface area contributed by atoms with Gasteiger partial charge in [0.1, 0.15) is 5.25 Å². The molecule has 1 unspecified atom stereocenters. The molecule has 17 heavy (non-hydrogen) atoms. The Kier molecular flexibility index (Phi) is 4.01. The average molecular weight is 255 g/mol. The van der Waals surface area contributed by atoms with Gasteiger partial charge in [0, 0.05) is 6.26 Å². The molecule has 5 nitrogen and oxygen atoms in total. The van der Waals surface area contributed by atoms with Crippen LogP contribution in [0.25, 0.3) is 0 Å². The van der Waals surface area contributed by atoms with Gasteiger partial charge in [0.25, 0.3) is 5.91 Å². The second kappa shape index (κ2) is 5.09. The highest BCUT2D eigenvalue weighted by atomic mass is 32.2. The van der Waals surface area contributed by atoms with Crippen LogP contribution in [0.4, 0.5) is 5.69 Å². The van der Waals surface area contributed by atoms with Crippen molar-refractivity contribution in [1.29, 1.82) is 0 Å². The number of para-hydroxylation sites is 1. The zero-order chi connectivity index (χ0) is 13.1. The van der Waals surface area contributed by atoms with Crippen LogP contribution >= 0.6 is 0 Å². The second-order valence-electron chi connectivity index (χ2n) is 3.62. The normalized spacial score (nSPS) is 12.8. The van der Waals surface area contributed by atoms with E-state index in [0.717, 1.165) is 11.2 Å². The molecule has 0 heterocycles. The molecule has 2 amide bonds. The zero-order valence-corrected chi connectivity index (χ0v) is 10.3. The summed E-state index contributed by atoms with van der Waals surface area (Å²) >= 11 is 0. The van der Waals surface area contributed by atoms with Gasteiger partial charge in [0.15, 0.2) is 9.84 Å². The third-order valence-electron chi connectivity index (χ3n) is 2.37. The van der Waals surface area contributed by atoms with Crippen molar-refractivity contribution < 1.29 is 18.0 Å². The van der Waals surface area contributed by atoms with Gasteiger partial charge in [-0.2, -0.15) is 0 Å². The molecule has 0 aliphatic rings. The van der Waals surface area contributed by atoms with E-state index in [2.05, 4.69) is 0 Å². The van der Waals surface area contributed by atoms with Crippen LogP contribution in [0.2, 0.25) is 0 Å². The lowest BCUT2D eigenvalue weighted by Gasteiger charge is -2.18. The van der Waals surface area contributed by atoms with Crippen molar-refractivity contribution >= 4 is 27.8 Å². The summed E-state index contributed by atoms with van der Waals surface area (Å²) in [5.41, 5.74) is 0.350. The van der Waals surface area contributed by atoms with E-state index in [-0.39, 0.29) is 0 Å². The fourth-order valence-corrected chi connectivity index (χ4v) is 1.69. The Balaban J connectivity index is 3.05. The van der Waals surface area contributed by atoms with E-state index in [9.17, 15) is 18.0 Å². The predicted molar refractivity (Wildman–Crippen MR) is 64.3 cm³/mol. The lowest BCUT2D eigenvalue weighted by Crippen LogP contribution is -2.40. The third-order valence-corrected chi connectivity index (χ3v) is 3.85. The molecule has 1 aromatic rings. The quantitative estimate of drug-likeness (QED) is 0.739. The molecule has 0 bridgehead atoms. The molecule has 0 N–H and O–H groups in total. The first-order valence-electron chi connectivity index (χ1n) is 4.90. The van der Waals surface area contributed by atoms with Crippen molar-refractivity contribution in [3.63, 3.8) is 0 Å². The van der Waals surface area contributed by atoms with E-state index in [1.54, 1.807) is 30.3 Å². The van der Waals surface area contributed by atoms with Crippen LogP contribution < -0.4 is 4.90 Å². The average Bonchev–Trinajstić information content (AvgIpc) is 2.29. The van der Waals surface area contributed by atoms with E-state index in [0.29, 0.717) is 12.1 Å². The SMILES string of the molecule is CC(C(=O)N(C=O)c1ccccc1)S(C)(=O)=O. The van der Waals surface area contributed by atoms with Gasteiger partial charge in [0.05, 0.1) is 5.69 Å². The molecule has 0 aliphatic heterocycles.